The van der Waals surface area contributed by atoms with Crippen molar-refractivity contribution in [3.63, 3.8) is 0 Å². The molecule has 0 aliphatic carbocycles. The fourth-order valence-corrected chi connectivity index (χ4v) is 1.39. The van der Waals surface area contributed by atoms with Crippen LogP contribution in [0, 0.1) is 0 Å². The fourth-order valence-electron chi connectivity index (χ4n) is 1.39. The molecule has 0 spiro atoms. The molecule has 13 heavy (non-hydrogen) atoms. The molecule has 1 atom stereocenters. The maximum absolute atomic E-state index is 10.9. The summed E-state index contributed by atoms with van der Waals surface area (Å²) in [6, 6.07) is 9.78. The van der Waals surface area contributed by atoms with E-state index in [-0.39, 0.29) is 12.1 Å². The van der Waals surface area contributed by atoms with Gasteiger partial charge in [-0.05, 0) is 5.56 Å². The van der Waals surface area contributed by atoms with Crippen molar-refractivity contribution in [2.45, 2.75) is 12.5 Å². The van der Waals surface area contributed by atoms with E-state index in [0.29, 0.717) is 0 Å². The molecular weight excluding hydrogens is 164 g/mol. The lowest BCUT2D eigenvalue weighted by molar-refractivity contribution is -0.144. The average Bonchev–Trinajstić information content (AvgIpc) is 2.19. The average molecular weight is 174 g/mol. The quantitative estimate of drug-likeness (QED) is 0.610. The molecule has 0 saturated heterocycles. The number of rotatable bonds is 1. The Balaban J connectivity index is 2.19. The van der Waals surface area contributed by atoms with E-state index in [2.05, 4.69) is 0 Å². The SMILES string of the molecule is O=C1C=CCC(c2ccccc2)O1. The first kappa shape index (κ1) is 8.05. The molecule has 0 amide bonds. The van der Waals surface area contributed by atoms with Crippen molar-refractivity contribution in [1.82, 2.24) is 0 Å². The smallest absolute Gasteiger partial charge is 0.331 e. The molecule has 1 aromatic carbocycles. The van der Waals surface area contributed by atoms with Crippen molar-refractivity contribution < 1.29 is 9.53 Å². The zero-order valence-corrected chi connectivity index (χ0v) is 7.14. The summed E-state index contributed by atoms with van der Waals surface area (Å²) in [6.07, 6.45) is 4.00. The third kappa shape index (κ3) is 1.78. The standard InChI is InChI=1S/C11H10O2/c12-11-8-4-7-10(13-11)9-5-2-1-3-6-9/h1-6,8,10H,7H2. The monoisotopic (exact) mass is 174 g/mol. The molecular formula is C11H10O2. The van der Waals surface area contributed by atoms with E-state index in [1.54, 1.807) is 0 Å². The number of cyclic esters (lactones) is 1. The number of carbonyl (C=O) groups excluding carboxylic acids is 1. The van der Waals surface area contributed by atoms with Gasteiger partial charge in [-0.25, -0.2) is 4.79 Å². The summed E-state index contributed by atoms with van der Waals surface area (Å²) in [7, 11) is 0. The summed E-state index contributed by atoms with van der Waals surface area (Å²) in [5, 5.41) is 0. The number of esters is 1. The fraction of sp³-hybridized carbons (Fsp3) is 0.182. The molecule has 0 radical (unpaired) electrons. The molecule has 1 heterocycles. The third-order valence-electron chi connectivity index (χ3n) is 2.03. The Morgan fingerprint density at radius 2 is 2.00 bits per heavy atom. The van der Waals surface area contributed by atoms with Gasteiger partial charge in [0.25, 0.3) is 0 Å². The van der Waals surface area contributed by atoms with Gasteiger partial charge in [0.2, 0.25) is 0 Å². The van der Waals surface area contributed by atoms with Crippen molar-refractivity contribution in [2.24, 2.45) is 0 Å². The molecule has 2 rings (SSSR count). The van der Waals surface area contributed by atoms with E-state index in [4.69, 9.17) is 4.74 Å². The van der Waals surface area contributed by atoms with Crippen molar-refractivity contribution in [1.29, 1.82) is 0 Å². The maximum atomic E-state index is 10.9. The number of carbonyl (C=O) groups is 1. The van der Waals surface area contributed by atoms with Gasteiger partial charge in [0.15, 0.2) is 0 Å². The van der Waals surface area contributed by atoms with Crippen LogP contribution in [-0.4, -0.2) is 5.97 Å². The zero-order valence-electron chi connectivity index (χ0n) is 7.14. The van der Waals surface area contributed by atoms with Crippen molar-refractivity contribution in [2.75, 3.05) is 0 Å². The summed E-state index contributed by atoms with van der Waals surface area (Å²) in [4.78, 5) is 10.9. The normalized spacial score (nSPS) is 21.2. The topological polar surface area (TPSA) is 26.3 Å². The Morgan fingerprint density at radius 1 is 1.23 bits per heavy atom. The second-order valence-electron chi connectivity index (χ2n) is 2.97. The Bertz CT molecular complexity index is 327. The lowest BCUT2D eigenvalue weighted by atomic mass is 10.1. The van der Waals surface area contributed by atoms with E-state index in [1.807, 2.05) is 36.4 Å². The van der Waals surface area contributed by atoms with Gasteiger partial charge in [0, 0.05) is 12.5 Å². The summed E-state index contributed by atoms with van der Waals surface area (Å²) in [5.41, 5.74) is 1.06. The van der Waals surface area contributed by atoms with Gasteiger partial charge in [0.05, 0.1) is 0 Å². The van der Waals surface area contributed by atoms with Crippen LogP contribution in [0.15, 0.2) is 42.5 Å². The van der Waals surface area contributed by atoms with E-state index >= 15 is 0 Å². The molecule has 1 aromatic rings. The molecule has 0 bridgehead atoms. The molecule has 0 N–H and O–H groups in total. The lowest BCUT2D eigenvalue weighted by Crippen LogP contribution is -2.12. The highest BCUT2D eigenvalue weighted by atomic mass is 16.5. The minimum absolute atomic E-state index is 0.0984. The maximum Gasteiger partial charge on any atom is 0.331 e. The van der Waals surface area contributed by atoms with Gasteiger partial charge >= 0.3 is 5.97 Å². The molecule has 1 unspecified atom stereocenters. The number of benzene rings is 1. The largest absolute Gasteiger partial charge is 0.454 e. The van der Waals surface area contributed by atoms with E-state index in [1.165, 1.54) is 6.08 Å². The van der Waals surface area contributed by atoms with Crippen LogP contribution >= 0.6 is 0 Å². The Hall–Kier alpha value is -1.57. The summed E-state index contributed by atoms with van der Waals surface area (Å²) in [5.74, 6) is -0.250. The molecule has 66 valence electrons. The highest BCUT2D eigenvalue weighted by Gasteiger charge is 2.16. The van der Waals surface area contributed by atoms with Gasteiger partial charge in [-0.15, -0.1) is 0 Å². The van der Waals surface area contributed by atoms with Crippen LogP contribution < -0.4 is 0 Å². The third-order valence-corrected chi connectivity index (χ3v) is 2.03. The van der Waals surface area contributed by atoms with Crippen LogP contribution in [0.25, 0.3) is 0 Å². The van der Waals surface area contributed by atoms with Crippen molar-refractivity contribution in [3.8, 4) is 0 Å². The minimum Gasteiger partial charge on any atom is -0.454 e. The van der Waals surface area contributed by atoms with Gasteiger partial charge in [-0.3, -0.25) is 0 Å². The van der Waals surface area contributed by atoms with Crippen LogP contribution in [-0.2, 0) is 9.53 Å². The van der Waals surface area contributed by atoms with E-state index in [9.17, 15) is 4.79 Å². The highest BCUT2D eigenvalue weighted by molar-refractivity contribution is 5.82. The minimum atomic E-state index is -0.250. The van der Waals surface area contributed by atoms with Crippen LogP contribution in [0.2, 0.25) is 0 Å². The Labute approximate surface area is 76.8 Å². The van der Waals surface area contributed by atoms with Crippen LogP contribution in [0.3, 0.4) is 0 Å². The zero-order chi connectivity index (χ0) is 9.10. The van der Waals surface area contributed by atoms with Crippen molar-refractivity contribution >= 4 is 5.97 Å². The molecule has 0 saturated carbocycles. The Morgan fingerprint density at radius 3 is 2.69 bits per heavy atom. The van der Waals surface area contributed by atoms with Crippen LogP contribution in [0.4, 0.5) is 0 Å². The Kier molecular flexibility index (Phi) is 2.13. The number of hydrogen-bond acceptors (Lipinski definition) is 2. The second-order valence-corrected chi connectivity index (χ2v) is 2.97. The second kappa shape index (κ2) is 3.44. The number of hydrogen-bond donors (Lipinski definition) is 0. The molecule has 2 heteroatoms. The van der Waals surface area contributed by atoms with Gasteiger partial charge in [-0.2, -0.15) is 0 Å². The first-order valence-electron chi connectivity index (χ1n) is 4.28. The molecule has 2 nitrogen and oxygen atoms in total. The predicted molar refractivity (Wildman–Crippen MR) is 49.0 cm³/mol. The highest BCUT2D eigenvalue weighted by Crippen LogP contribution is 2.24. The van der Waals surface area contributed by atoms with E-state index < -0.39 is 0 Å². The molecule has 0 aromatic heterocycles. The first-order chi connectivity index (χ1) is 6.36. The first-order valence-corrected chi connectivity index (χ1v) is 4.28. The predicted octanol–water partition coefficient (Wildman–Crippen LogP) is 2.23. The van der Waals surface area contributed by atoms with Gasteiger partial charge in [-0.1, -0.05) is 36.4 Å². The number of ether oxygens (including phenoxy) is 1. The van der Waals surface area contributed by atoms with Gasteiger partial charge < -0.3 is 4.74 Å². The lowest BCUT2D eigenvalue weighted by Gasteiger charge is -2.18. The molecule has 1 aliphatic heterocycles. The summed E-state index contributed by atoms with van der Waals surface area (Å²) < 4.78 is 5.15. The van der Waals surface area contributed by atoms with Gasteiger partial charge in [0.1, 0.15) is 6.10 Å². The van der Waals surface area contributed by atoms with Crippen LogP contribution in [0.1, 0.15) is 18.1 Å². The van der Waals surface area contributed by atoms with Crippen molar-refractivity contribution in [3.05, 3.63) is 48.0 Å². The van der Waals surface area contributed by atoms with Crippen LogP contribution in [0.5, 0.6) is 0 Å². The molecule has 0 fully saturated rings. The summed E-state index contributed by atoms with van der Waals surface area (Å²) >= 11 is 0. The summed E-state index contributed by atoms with van der Waals surface area (Å²) in [6.45, 7) is 0. The van der Waals surface area contributed by atoms with E-state index in [0.717, 1.165) is 12.0 Å². The molecule has 1 aliphatic rings.